The van der Waals surface area contributed by atoms with Gasteiger partial charge in [-0.15, -0.1) is 0 Å². The van der Waals surface area contributed by atoms with Crippen LogP contribution in [0.5, 0.6) is 0 Å². The van der Waals surface area contributed by atoms with Crippen LogP contribution in [0.4, 0.5) is 17.1 Å². The first kappa shape index (κ1) is 24.0. The Morgan fingerprint density at radius 3 is 2.42 bits per heavy atom. The monoisotopic (exact) mass is 486 g/mol. The van der Waals surface area contributed by atoms with E-state index in [-0.39, 0.29) is 29.3 Å². The SMILES string of the molecule is CN1CCN(CCCCN2c3ccccc3C3C2C=C(C#N)C(=O)N3c2ccc([N+](=O)[O-])cc2)CC1. The summed E-state index contributed by atoms with van der Waals surface area (Å²) in [5.74, 6) is -0.376. The van der Waals surface area contributed by atoms with E-state index in [0.29, 0.717) is 5.69 Å². The number of hydrogen-bond donors (Lipinski definition) is 0. The molecule has 3 aliphatic rings. The smallest absolute Gasteiger partial charge is 0.269 e. The molecule has 186 valence electrons. The first-order valence-electron chi connectivity index (χ1n) is 12.4. The van der Waals surface area contributed by atoms with E-state index in [1.165, 1.54) is 12.1 Å². The zero-order chi connectivity index (χ0) is 25.2. The summed E-state index contributed by atoms with van der Waals surface area (Å²) in [7, 11) is 2.16. The maximum absolute atomic E-state index is 13.4. The quantitative estimate of drug-likeness (QED) is 0.336. The molecule has 9 heteroatoms. The number of non-ortho nitro benzene ring substituents is 1. The number of rotatable bonds is 7. The molecule has 2 aromatic carbocycles. The summed E-state index contributed by atoms with van der Waals surface area (Å²) in [5, 5.41) is 20.9. The van der Waals surface area contributed by atoms with E-state index in [4.69, 9.17) is 0 Å². The third-order valence-corrected chi connectivity index (χ3v) is 7.49. The van der Waals surface area contributed by atoms with E-state index in [0.717, 1.165) is 63.4 Å². The van der Waals surface area contributed by atoms with Crippen molar-refractivity contribution in [2.24, 2.45) is 0 Å². The van der Waals surface area contributed by atoms with Crippen LogP contribution in [0.3, 0.4) is 0 Å². The molecule has 36 heavy (non-hydrogen) atoms. The van der Waals surface area contributed by atoms with Crippen molar-refractivity contribution in [3.63, 3.8) is 0 Å². The molecule has 0 aliphatic carbocycles. The number of carbonyl (C=O) groups is 1. The van der Waals surface area contributed by atoms with E-state index < -0.39 is 4.92 Å². The molecule has 3 heterocycles. The molecule has 3 aliphatic heterocycles. The summed E-state index contributed by atoms with van der Waals surface area (Å²) in [6.07, 6.45) is 3.89. The number of anilines is 2. The Balaban J connectivity index is 1.39. The minimum Gasteiger partial charge on any atom is -0.362 e. The molecular formula is C27H30N6O3. The number of amides is 1. The standard InChI is InChI=1S/C27H30N6O3/c1-29-14-16-30(17-15-29)12-4-5-13-31-24-7-3-2-6-23(24)26-25(31)18-20(19-28)27(34)32(26)21-8-10-22(11-9-21)33(35)36/h2-3,6-11,18,25-26H,4-5,12-17H2,1H3. The fourth-order valence-corrected chi connectivity index (χ4v) is 5.54. The van der Waals surface area contributed by atoms with Crippen LogP contribution < -0.4 is 9.80 Å². The lowest BCUT2D eigenvalue weighted by Gasteiger charge is -2.38. The molecule has 9 nitrogen and oxygen atoms in total. The molecule has 0 aromatic heterocycles. The lowest BCUT2D eigenvalue weighted by atomic mass is 9.93. The van der Waals surface area contributed by atoms with Gasteiger partial charge in [0.25, 0.3) is 11.6 Å². The third-order valence-electron chi connectivity index (χ3n) is 7.49. The number of hydrogen-bond acceptors (Lipinski definition) is 7. The van der Waals surface area contributed by atoms with E-state index in [1.807, 2.05) is 18.2 Å². The molecule has 0 spiro atoms. The van der Waals surface area contributed by atoms with E-state index in [9.17, 15) is 20.2 Å². The zero-order valence-electron chi connectivity index (χ0n) is 20.4. The van der Waals surface area contributed by atoms with Crippen LogP contribution in [-0.2, 0) is 4.79 Å². The van der Waals surface area contributed by atoms with Gasteiger partial charge in [0.2, 0.25) is 0 Å². The Morgan fingerprint density at radius 2 is 1.72 bits per heavy atom. The van der Waals surface area contributed by atoms with Gasteiger partial charge in [-0.05, 0) is 50.7 Å². The summed E-state index contributed by atoms with van der Waals surface area (Å²) < 4.78 is 0. The first-order valence-corrected chi connectivity index (χ1v) is 12.4. The number of nitro benzene ring substituents is 1. The van der Waals surface area contributed by atoms with Gasteiger partial charge in [0.05, 0.1) is 17.0 Å². The van der Waals surface area contributed by atoms with Gasteiger partial charge in [-0.3, -0.25) is 19.8 Å². The topological polar surface area (TPSA) is 97.0 Å². The molecule has 5 rings (SSSR count). The van der Waals surface area contributed by atoms with Crippen molar-refractivity contribution in [1.29, 1.82) is 5.26 Å². The van der Waals surface area contributed by atoms with Gasteiger partial charge in [-0.1, -0.05) is 18.2 Å². The summed E-state index contributed by atoms with van der Waals surface area (Å²) in [5.41, 5.74) is 2.71. The molecule has 2 unspecified atom stereocenters. The Bertz CT molecular complexity index is 1210. The zero-order valence-corrected chi connectivity index (χ0v) is 20.4. The van der Waals surface area contributed by atoms with Gasteiger partial charge >= 0.3 is 0 Å². The molecule has 1 fully saturated rings. The summed E-state index contributed by atoms with van der Waals surface area (Å²) in [6.45, 7) is 6.32. The van der Waals surface area contributed by atoms with Crippen LogP contribution in [0.1, 0.15) is 24.4 Å². The Kier molecular flexibility index (Phi) is 6.72. The molecule has 0 radical (unpaired) electrons. The number of unbranched alkanes of at least 4 members (excludes halogenated alkanes) is 1. The van der Waals surface area contributed by atoms with Crippen molar-refractivity contribution in [2.75, 3.05) is 56.1 Å². The second-order valence-corrected chi connectivity index (χ2v) is 9.68. The number of nitrogens with zero attached hydrogens (tertiary/aromatic N) is 6. The number of nitriles is 1. The highest BCUT2D eigenvalue weighted by molar-refractivity contribution is 6.10. The fraction of sp³-hybridized carbons (Fsp3) is 0.407. The lowest BCUT2D eigenvalue weighted by molar-refractivity contribution is -0.384. The number of piperazine rings is 1. The van der Waals surface area contributed by atoms with Crippen molar-refractivity contribution < 1.29 is 9.72 Å². The molecule has 0 bridgehead atoms. The molecule has 2 atom stereocenters. The van der Waals surface area contributed by atoms with E-state index in [2.05, 4.69) is 33.9 Å². The number of likely N-dealkylation sites (N-methyl/N-ethyl adjacent to an activating group) is 1. The second kappa shape index (κ2) is 10.1. The van der Waals surface area contributed by atoms with Crippen LogP contribution in [-0.4, -0.2) is 73.0 Å². The highest BCUT2D eigenvalue weighted by Gasteiger charge is 2.46. The van der Waals surface area contributed by atoms with Crippen molar-refractivity contribution in [3.05, 3.63) is 75.9 Å². The van der Waals surface area contributed by atoms with Gasteiger partial charge in [0, 0.05) is 61.8 Å². The van der Waals surface area contributed by atoms with Gasteiger partial charge < -0.3 is 14.7 Å². The van der Waals surface area contributed by atoms with Crippen LogP contribution in [0.25, 0.3) is 0 Å². The predicted molar refractivity (Wildman–Crippen MR) is 138 cm³/mol. The number of para-hydroxylation sites is 1. The van der Waals surface area contributed by atoms with Crippen molar-refractivity contribution >= 4 is 23.0 Å². The number of carbonyl (C=O) groups excluding carboxylic acids is 1. The van der Waals surface area contributed by atoms with Gasteiger partial charge in [0.1, 0.15) is 11.6 Å². The number of nitro groups is 1. The minimum atomic E-state index is -0.458. The molecular weight excluding hydrogens is 456 g/mol. The number of benzene rings is 2. The van der Waals surface area contributed by atoms with E-state index in [1.54, 1.807) is 23.1 Å². The summed E-state index contributed by atoms with van der Waals surface area (Å²) in [4.78, 5) is 32.9. The summed E-state index contributed by atoms with van der Waals surface area (Å²) >= 11 is 0. The second-order valence-electron chi connectivity index (χ2n) is 9.68. The average Bonchev–Trinajstić information content (AvgIpc) is 3.20. The minimum absolute atomic E-state index is 0.0374. The molecule has 2 aromatic rings. The largest absolute Gasteiger partial charge is 0.362 e. The first-order chi connectivity index (χ1) is 17.5. The molecule has 1 amide bonds. The highest BCUT2D eigenvalue weighted by atomic mass is 16.6. The van der Waals surface area contributed by atoms with Crippen LogP contribution in [0.15, 0.2) is 60.2 Å². The Labute approximate surface area is 211 Å². The van der Waals surface area contributed by atoms with Crippen molar-refractivity contribution in [2.45, 2.75) is 24.9 Å². The lowest BCUT2D eigenvalue weighted by Crippen LogP contribution is -2.48. The van der Waals surface area contributed by atoms with Crippen molar-refractivity contribution in [1.82, 2.24) is 9.80 Å². The van der Waals surface area contributed by atoms with Gasteiger partial charge in [-0.25, -0.2) is 0 Å². The Hall–Kier alpha value is -3.74. The van der Waals surface area contributed by atoms with Crippen LogP contribution in [0, 0.1) is 21.4 Å². The molecule has 0 saturated carbocycles. The van der Waals surface area contributed by atoms with Crippen LogP contribution in [0.2, 0.25) is 0 Å². The van der Waals surface area contributed by atoms with Crippen LogP contribution >= 0.6 is 0 Å². The van der Waals surface area contributed by atoms with E-state index >= 15 is 0 Å². The Morgan fingerprint density at radius 1 is 1.03 bits per heavy atom. The molecule has 1 saturated heterocycles. The third kappa shape index (κ3) is 4.45. The van der Waals surface area contributed by atoms with Crippen molar-refractivity contribution in [3.8, 4) is 6.07 Å². The summed E-state index contributed by atoms with van der Waals surface area (Å²) in [6, 6.07) is 15.7. The molecule has 0 N–H and O–H groups in total. The number of fused-ring (bicyclic) bond motifs is 3. The maximum atomic E-state index is 13.4. The normalized spacial score (nSPS) is 22.1. The highest BCUT2D eigenvalue weighted by Crippen LogP contribution is 2.47. The van der Waals surface area contributed by atoms with Gasteiger partial charge in [-0.2, -0.15) is 5.26 Å². The van der Waals surface area contributed by atoms with Gasteiger partial charge in [0.15, 0.2) is 0 Å². The fourth-order valence-electron chi connectivity index (χ4n) is 5.54. The maximum Gasteiger partial charge on any atom is 0.269 e. The predicted octanol–water partition coefficient (Wildman–Crippen LogP) is 3.35. The average molecular weight is 487 g/mol.